The molecule has 1 nitrogen and oxygen atoms in total. The van der Waals surface area contributed by atoms with Crippen molar-refractivity contribution in [1.82, 2.24) is 0 Å². The molecule has 0 saturated heterocycles. The predicted octanol–water partition coefficient (Wildman–Crippen LogP) is 3.30. The fourth-order valence-electron chi connectivity index (χ4n) is 0.485. The summed E-state index contributed by atoms with van der Waals surface area (Å²) >= 11 is 0. The summed E-state index contributed by atoms with van der Waals surface area (Å²) in [6, 6.07) is 0. The second kappa shape index (κ2) is 3.96. The van der Waals surface area contributed by atoms with E-state index in [-0.39, 0.29) is 6.92 Å². The van der Waals surface area contributed by atoms with E-state index in [1.165, 1.54) is 0 Å². The standard InChI is InChI=1S/C7H10F6O/c1-5(8,9)6(2,10)14-4-3-7(11,12)13/h3-4H2,1-2H3. The molecule has 0 aliphatic heterocycles. The Morgan fingerprint density at radius 2 is 1.36 bits per heavy atom. The maximum absolute atomic E-state index is 12.8. The van der Waals surface area contributed by atoms with Gasteiger partial charge in [-0.1, -0.05) is 0 Å². The molecule has 0 fully saturated rings. The lowest BCUT2D eigenvalue weighted by Crippen LogP contribution is -2.42. The van der Waals surface area contributed by atoms with Crippen molar-refractivity contribution < 1.29 is 31.1 Å². The topological polar surface area (TPSA) is 9.23 Å². The van der Waals surface area contributed by atoms with Crippen molar-refractivity contribution >= 4 is 0 Å². The Morgan fingerprint density at radius 1 is 0.929 bits per heavy atom. The minimum Gasteiger partial charge on any atom is -0.341 e. The lowest BCUT2D eigenvalue weighted by molar-refractivity contribution is -0.268. The molecular weight excluding hydrogens is 214 g/mol. The Hall–Kier alpha value is -0.460. The van der Waals surface area contributed by atoms with Crippen LogP contribution >= 0.6 is 0 Å². The summed E-state index contributed by atoms with van der Waals surface area (Å²) in [7, 11) is 0. The van der Waals surface area contributed by atoms with Crippen LogP contribution in [-0.2, 0) is 4.74 Å². The third-order valence-corrected chi connectivity index (χ3v) is 1.54. The average molecular weight is 224 g/mol. The number of halogens is 6. The molecule has 1 unspecified atom stereocenters. The summed E-state index contributed by atoms with van der Waals surface area (Å²) in [5, 5.41) is 0. The van der Waals surface area contributed by atoms with E-state index in [2.05, 4.69) is 4.74 Å². The highest BCUT2D eigenvalue weighted by molar-refractivity contribution is 4.76. The summed E-state index contributed by atoms with van der Waals surface area (Å²) < 4.78 is 76.0. The van der Waals surface area contributed by atoms with Gasteiger partial charge in [0.15, 0.2) is 0 Å². The molecule has 7 heteroatoms. The van der Waals surface area contributed by atoms with Crippen LogP contribution in [-0.4, -0.2) is 24.6 Å². The Bertz CT molecular complexity index is 180. The van der Waals surface area contributed by atoms with Crippen LogP contribution in [0.15, 0.2) is 0 Å². The first-order valence-electron chi connectivity index (χ1n) is 3.73. The zero-order chi connectivity index (χ0) is 11.6. The fraction of sp³-hybridized carbons (Fsp3) is 1.00. The lowest BCUT2D eigenvalue weighted by atomic mass is 10.2. The number of hydrogen-bond donors (Lipinski definition) is 0. The number of rotatable bonds is 4. The summed E-state index contributed by atoms with van der Waals surface area (Å²) in [5.74, 6) is -7.21. The van der Waals surface area contributed by atoms with Crippen molar-refractivity contribution in [3.05, 3.63) is 0 Å². The summed E-state index contributed by atoms with van der Waals surface area (Å²) in [4.78, 5) is 0. The zero-order valence-corrected chi connectivity index (χ0v) is 7.59. The summed E-state index contributed by atoms with van der Waals surface area (Å²) in [5.41, 5.74) is 0. The maximum Gasteiger partial charge on any atom is 0.391 e. The molecule has 0 spiro atoms. The number of hydrogen-bond acceptors (Lipinski definition) is 1. The number of ether oxygens (including phenoxy) is 1. The lowest BCUT2D eigenvalue weighted by Gasteiger charge is -2.27. The fourth-order valence-corrected chi connectivity index (χ4v) is 0.485. The first kappa shape index (κ1) is 13.5. The zero-order valence-electron chi connectivity index (χ0n) is 7.59. The molecule has 0 saturated carbocycles. The molecule has 0 aromatic carbocycles. The molecule has 0 amide bonds. The largest absolute Gasteiger partial charge is 0.391 e. The SMILES string of the molecule is CC(F)(F)C(C)(F)OCCC(F)(F)F. The quantitative estimate of drug-likeness (QED) is 0.666. The molecule has 14 heavy (non-hydrogen) atoms. The minimum atomic E-state index is -4.54. The van der Waals surface area contributed by atoms with Gasteiger partial charge in [-0.3, -0.25) is 0 Å². The molecule has 86 valence electrons. The first-order chi connectivity index (χ1) is 5.96. The Kier molecular flexibility index (Phi) is 3.83. The molecule has 0 aliphatic rings. The third-order valence-electron chi connectivity index (χ3n) is 1.54. The normalized spacial score (nSPS) is 18.0. The molecule has 0 rings (SSSR count). The van der Waals surface area contributed by atoms with E-state index in [0.29, 0.717) is 6.92 Å². The molecule has 0 aromatic heterocycles. The highest BCUT2D eigenvalue weighted by Crippen LogP contribution is 2.33. The Balaban J connectivity index is 4.02. The third kappa shape index (κ3) is 4.69. The van der Waals surface area contributed by atoms with Crippen LogP contribution in [0.4, 0.5) is 26.3 Å². The molecule has 0 N–H and O–H groups in total. The van der Waals surface area contributed by atoms with Crippen LogP contribution < -0.4 is 0 Å². The van der Waals surface area contributed by atoms with Gasteiger partial charge in [0, 0.05) is 13.8 Å². The van der Waals surface area contributed by atoms with E-state index in [9.17, 15) is 26.3 Å². The molecule has 1 atom stereocenters. The van der Waals surface area contributed by atoms with Crippen LogP contribution in [0.1, 0.15) is 20.3 Å². The van der Waals surface area contributed by atoms with E-state index < -0.39 is 31.0 Å². The van der Waals surface area contributed by atoms with Crippen molar-refractivity contribution in [2.24, 2.45) is 0 Å². The van der Waals surface area contributed by atoms with Crippen molar-refractivity contribution in [2.45, 2.75) is 38.2 Å². The molecular formula is C7H10F6O. The van der Waals surface area contributed by atoms with Crippen LogP contribution in [0.2, 0.25) is 0 Å². The van der Waals surface area contributed by atoms with Crippen LogP contribution in [0.25, 0.3) is 0 Å². The smallest absolute Gasteiger partial charge is 0.341 e. The van der Waals surface area contributed by atoms with E-state index in [1.54, 1.807) is 0 Å². The van der Waals surface area contributed by atoms with Gasteiger partial charge in [0.05, 0.1) is 13.0 Å². The van der Waals surface area contributed by atoms with Crippen molar-refractivity contribution in [3.8, 4) is 0 Å². The van der Waals surface area contributed by atoms with Gasteiger partial charge in [-0.2, -0.15) is 13.2 Å². The van der Waals surface area contributed by atoms with Gasteiger partial charge in [0.2, 0.25) is 0 Å². The van der Waals surface area contributed by atoms with E-state index in [4.69, 9.17) is 0 Å². The number of alkyl halides is 6. The van der Waals surface area contributed by atoms with Gasteiger partial charge in [-0.25, -0.2) is 13.2 Å². The van der Waals surface area contributed by atoms with E-state index >= 15 is 0 Å². The van der Waals surface area contributed by atoms with Gasteiger partial charge in [0.25, 0.3) is 5.85 Å². The predicted molar refractivity (Wildman–Crippen MR) is 36.8 cm³/mol. The molecule has 0 bridgehead atoms. The molecule has 0 aliphatic carbocycles. The van der Waals surface area contributed by atoms with Crippen LogP contribution in [0.5, 0.6) is 0 Å². The Morgan fingerprint density at radius 3 is 1.64 bits per heavy atom. The summed E-state index contributed by atoms with van der Waals surface area (Å²) in [6.07, 6.45) is -6.00. The van der Waals surface area contributed by atoms with Crippen molar-refractivity contribution in [1.29, 1.82) is 0 Å². The Labute approximate surface area is 77.0 Å². The maximum atomic E-state index is 12.8. The van der Waals surface area contributed by atoms with Gasteiger partial charge < -0.3 is 4.74 Å². The minimum absolute atomic E-state index is 0.237. The van der Waals surface area contributed by atoms with Crippen molar-refractivity contribution in [2.75, 3.05) is 6.61 Å². The van der Waals surface area contributed by atoms with Gasteiger partial charge >= 0.3 is 12.1 Å². The highest BCUT2D eigenvalue weighted by atomic mass is 19.4. The van der Waals surface area contributed by atoms with E-state index in [0.717, 1.165) is 0 Å². The van der Waals surface area contributed by atoms with Crippen LogP contribution in [0.3, 0.4) is 0 Å². The van der Waals surface area contributed by atoms with Gasteiger partial charge in [-0.05, 0) is 0 Å². The molecule has 0 heterocycles. The second-order valence-electron chi connectivity index (χ2n) is 3.02. The van der Waals surface area contributed by atoms with Crippen LogP contribution in [0, 0.1) is 0 Å². The monoisotopic (exact) mass is 224 g/mol. The van der Waals surface area contributed by atoms with Crippen molar-refractivity contribution in [3.63, 3.8) is 0 Å². The second-order valence-corrected chi connectivity index (χ2v) is 3.02. The highest BCUT2D eigenvalue weighted by Gasteiger charge is 2.48. The summed E-state index contributed by atoms with van der Waals surface area (Å²) in [6.45, 7) is -0.496. The van der Waals surface area contributed by atoms with Gasteiger partial charge in [-0.15, -0.1) is 0 Å². The van der Waals surface area contributed by atoms with Gasteiger partial charge in [0.1, 0.15) is 0 Å². The first-order valence-corrected chi connectivity index (χ1v) is 3.73. The van der Waals surface area contributed by atoms with E-state index in [1.807, 2.05) is 0 Å². The molecule has 0 radical (unpaired) electrons. The molecule has 0 aromatic rings. The average Bonchev–Trinajstić information content (AvgIpc) is 1.80.